The van der Waals surface area contributed by atoms with Gasteiger partial charge in [0.25, 0.3) is 0 Å². The molecule has 0 heterocycles. The number of aliphatic hydroxyl groups is 1. The van der Waals surface area contributed by atoms with Crippen molar-refractivity contribution in [3.63, 3.8) is 0 Å². The molecule has 0 amide bonds. The van der Waals surface area contributed by atoms with Gasteiger partial charge in [0, 0.05) is 0 Å². The monoisotopic (exact) mass is 340 g/mol. The maximum absolute atomic E-state index is 11.8. The Morgan fingerprint density at radius 1 is 0.958 bits per heavy atom. The van der Waals surface area contributed by atoms with Gasteiger partial charge in [-0.25, -0.2) is 14.4 Å². The van der Waals surface area contributed by atoms with E-state index in [1.165, 1.54) is 13.8 Å². The zero-order chi connectivity index (χ0) is 17.9. The van der Waals surface area contributed by atoms with E-state index < -0.39 is 30.3 Å². The maximum atomic E-state index is 11.8. The highest BCUT2D eigenvalue weighted by molar-refractivity contribution is 5.86. The predicted molar refractivity (Wildman–Crippen MR) is 80.8 cm³/mol. The molecule has 0 aliphatic carbocycles. The first-order valence-corrected chi connectivity index (χ1v) is 7.38. The average molecular weight is 340 g/mol. The molecule has 1 rings (SSSR count). The molecule has 8 heteroatoms. The lowest BCUT2D eigenvalue weighted by atomic mass is 10.2. The fourth-order valence-electron chi connectivity index (χ4n) is 1.67. The molecule has 0 aromatic heterocycles. The fourth-order valence-corrected chi connectivity index (χ4v) is 1.67. The largest absolute Gasteiger partial charge is 0.509 e. The highest BCUT2D eigenvalue weighted by Gasteiger charge is 2.38. The van der Waals surface area contributed by atoms with Gasteiger partial charge in [-0.3, -0.25) is 0 Å². The zero-order valence-corrected chi connectivity index (χ0v) is 13.5. The third-order valence-electron chi connectivity index (χ3n) is 2.76. The maximum Gasteiger partial charge on any atom is 0.509 e. The molecule has 8 nitrogen and oxygen atoms in total. The van der Waals surface area contributed by atoms with E-state index in [0.29, 0.717) is 5.56 Å². The third kappa shape index (κ3) is 6.25. The van der Waals surface area contributed by atoms with Gasteiger partial charge in [-0.1, -0.05) is 30.3 Å². The van der Waals surface area contributed by atoms with Crippen molar-refractivity contribution in [2.24, 2.45) is 0 Å². The standard InChI is InChI=1S/C16H20O8/c1-3-21-14(18)12(17)13(15(19)22-4-2)24-16(20)23-10-11-8-6-5-7-9-11/h5-9,12-13,17H,3-4,10H2,1-2H3. The van der Waals surface area contributed by atoms with Crippen molar-refractivity contribution in [3.8, 4) is 0 Å². The third-order valence-corrected chi connectivity index (χ3v) is 2.76. The van der Waals surface area contributed by atoms with Crippen molar-refractivity contribution in [3.05, 3.63) is 35.9 Å². The summed E-state index contributed by atoms with van der Waals surface area (Å²) in [5.74, 6) is -2.18. The second kappa shape index (κ2) is 10.2. The fraction of sp³-hybridized carbons (Fsp3) is 0.438. The van der Waals surface area contributed by atoms with Crippen molar-refractivity contribution in [1.82, 2.24) is 0 Å². The van der Waals surface area contributed by atoms with Gasteiger partial charge in [0.2, 0.25) is 6.10 Å². The molecule has 2 atom stereocenters. The Bertz CT molecular complexity index is 542. The summed E-state index contributed by atoms with van der Waals surface area (Å²) in [4.78, 5) is 35.0. The van der Waals surface area contributed by atoms with Crippen molar-refractivity contribution in [1.29, 1.82) is 0 Å². The topological polar surface area (TPSA) is 108 Å². The lowest BCUT2D eigenvalue weighted by Gasteiger charge is -2.19. The minimum atomic E-state index is -2.01. The molecule has 1 N–H and O–H groups in total. The second-order valence-corrected chi connectivity index (χ2v) is 4.51. The summed E-state index contributed by atoms with van der Waals surface area (Å²) in [6.07, 6.45) is -5.10. The van der Waals surface area contributed by atoms with Crippen LogP contribution in [0.15, 0.2) is 30.3 Å². The molecule has 0 radical (unpaired) electrons. The number of esters is 2. The van der Waals surface area contributed by atoms with E-state index in [0.717, 1.165) is 0 Å². The molecule has 0 aliphatic heterocycles. The zero-order valence-electron chi connectivity index (χ0n) is 13.5. The van der Waals surface area contributed by atoms with Gasteiger partial charge in [0.05, 0.1) is 13.2 Å². The molecule has 132 valence electrons. The molecule has 1 aromatic carbocycles. The van der Waals surface area contributed by atoms with Gasteiger partial charge >= 0.3 is 18.1 Å². The number of hydrogen-bond donors (Lipinski definition) is 1. The van der Waals surface area contributed by atoms with E-state index in [9.17, 15) is 19.5 Å². The smallest absolute Gasteiger partial charge is 0.464 e. The molecular weight excluding hydrogens is 320 g/mol. The summed E-state index contributed by atoms with van der Waals surface area (Å²) in [5.41, 5.74) is 0.702. The van der Waals surface area contributed by atoms with Gasteiger partial charge in [-0.05, 0) is 19.4 Å². The minimum Gasteiger partial charge on any atom is -0.464 e. The molecule has 0 saturated heterocycles. The van der Waals surface area contributed by atoms with E-state index in [4.69, 9.17) is 9.47 Å². The van der Waals surface area contributed by atoms with Crippen LogP contribution in [-0.2, 0) is 35.1 Å². The Hall–Kier alpha value is -2.61. The molecule has 0 spiro atoms. The average Bonchev–Trinajstić information content (AvgIpc) is 2.58. The van der Waals surface area contributed by atoms with Gasteiger partial charge < -0.3 is 24.1 Å². The summed E-state index contributed by atoms with van der Waals surface area (Å²) < 4.78 is 18.8. The first kappa shape index (κ1) is 19.4. The summed E-state index contributed by atoms with van der Waals surface area (Å²) in [6.45, 7) is 2.93. The van der Waals surface area contributed by atoms with Crippen LogP contribution in [0, 0.1) is 0 Å². The van der Waals surface area contributed by atoms with Gasteiger partial charge in [0.1, 0.15) is 6.61 Å². The van der Waals surface area contributed by atoms with Crippen LogP contribution in [0.25, 0.3) is 0 Å². The summed E-state index contributed by atoms with van der Waals surface area (Å²) in [6, 6.07) is 8.77. The van der Waals surface area contributed by atoms with Crippen LogP contribution >= 0.6 is 0 Å². The molecular formula is C16H20O8. The Balaban J connectivity index is 2.67. The van der Waals surface area contributed by atoms with Gasteiger partial charge in [0.15, 0.2) is 6.10 Å². The summed E-state index contributed by atoms with van der Waals surface area (Å²) in [7, 11) is 0. The highest BCUT2D eigenvalue weighted by atomic mass is 16.7. The van der Waals surface area contributed by atoms with Crippen LogP contribution in [0.2, 0.25) is 0 Å². The molecule has 2 unspecified atom stereocenters. The van der Waals surface area contributed by atoms with E-state index in [-0.39, 0.29) is 19.8 Å². The second-order valence-electron chi connectivity index (χ2n) is 4.51. The highest BCUT2D eigenvalue weighted by Crippen LogP contribution is 2.09. The van der Waals surface area contributed by atoms with Crippen molar-refractivity contribution in [2.45, 2.75) is 32.7 Å². The molecule has 24 heavy (non-hydrogen) atoms. The first-order valence-electron chi connectivity index (χ1n) is 7.38. The number of rotatable bonds is 8. The molecule has 0 bridgehead atoms. The summed E-state index contributed by atoms with van der Waals surface area (Å²) >= 11 is 0. The number of hydrogen-bond acceptors (Lipinski definition) is 8. The predicted octanol–water partition coefficient (Wildman–Crippen LogP) is 1.20. The Morgan fingerprint density at radius 3 is 2.12 bits per heavy atom. The van der Waals surface area contributed by atoms with Gasteiger partial charge in [-0.15, -0.1) is 0 Å². The quantitative estimate of drug-likeness (QED) is 0.555. The van der Waals surface area contributed by atoms with E-state index in [1.807, 2.05) is 0 Å². The Morgan fingerprint density at radius 2 is 1.54 bits per heavy atom. The van der Waals surface area contributed by atoms with Crippen molar-refractivity contribution < 1.29 is 38.4 Å². The van der Waals surface area contributed by atoms with E-state index >= 15 is 0 Å². The van der Waals surface area contributed by atoms with Gasteiger partial charge in [-0.2, -0.15) is 0 Å². The SMILES string of the molecule is CCOC(=O)C(O)C(OC(=O)OCc1ccccc1)C(=O)OCC. The van der Waals surface area contributed by atoms with Crippen LogP contribution in [-0.4, -0.2) is 48.6 Å². The number of aliphatic hydroxyl groups excluding tert-OH is 1. The lowest BCUT2D eigenvalue weighted by Crippen LogP contribution is -2.44. The minimum absolute atomic E-state index is 0.0100. The molecule has 0 saturated carbocycles. The van der Waals surface area contributed by atoms with E-state index in [2.05, 4.69) is 9.47 Å². The number of carbonyl (C=O) groups excluding carboxylic acids is 3. The first-order chi connectivity index (χ1) is 11.5. The van der Waals surface area contributed by atoms with Crippen LogP contribution < -0.4 is 0 Å². The normalized spacial score (nSPS) is 12.6. The van der Waals surface area contributed by atoms with E-state index in [1.54, 1.807) is 30.3 Å². The number of ether oxygens (including phenoxy) is 4. The lowest BCUT2D eigenvalue weighted by molar-refractivity contribution is -0.174. The van der Waals surface area contributed by atoms with Crippen LogP contribution in [0.1, 0.15) is 19.4 Å². The van der Waals surface area contributed by atoms with Crippen molar-refractivity contribution in [2.75, 3.05) is 13.2 Å². The molecule has 0 aliphatic rings. The van der Waals surface area contributed by atoms with Crippen LogP contribution in [0.4, 0.5) is 4.79 Å². The van der Waals surface area contributed by atoms with Crippen LogP contribution in [0.5, 0.6) is 0 Å². The Labute approximate surface area is 139 Å². The summed E-state index contributed by atoms with van der Waals surface area (Å²) in [5, 5.41) is 9.83. The molecule has 0 fully saturated rings. The van der Waals surface area contributed by atoms with Crippen molar-refractivity contribution >= 4 is 18.1 Å². The van der Waals surface area contributed by atoms with Crippen LogP contribution in [0.3, 0.4) is 0 Å². The Kier molecular flexibility index (Phi) is 8.28. The number of carbonyl (C=O) groups is 3. The molecule has 1 aromatic rings. The number of benzene rings is 1.